The van der Waals surface area contributed by atoms with Gasteiger partial charge in [-0.1, -0.05) is 13.8 Å². The van der Waals surface area contributed by atoms with Gasteiger partial charge in [0, 0.05) is 6.42 Å². The summed E-state index contributed by atoms with van der Waals surface area (Å²) >= 11 is 0. The van der Waals surface area contributed by atoms with Crippen LogP contribution in [0.1, 0.15) is 33.6 Å². The second-order valence-electron chi connectivity index (χ2n) is 6.31. The monoisotopic (exact) mass is 260 g/mol. The molecule has 0 aliphatic carbocycles. The number of carbonyl (C=O) groups excluding carboxylic acids is 1. The van der Waals surface area contributed by atoms with Crippen molar-refractivity contribution in [1.29, 1.82) is 0 Å². The molecule has 106 valence electrons. The summed E-state index contributed by atoms with van der Waals surface area (Å²) in [5.74, 6) is -1.45. The second-order valence-corrected chi connectivity index (χ2v) is 6.31. The molecule has 0 bridgehead atoms. The molecule has 0 saturated carbocycles. The van der Waals surface area contributed by atoms with E-state index in [-0.39, 0.29) is 18.1 Å². The number of ketones is 1. The molecule has 0 aromatic rings. The zero-order chi connectivity index (χ0) is 14.7. The fraction of sp³-hybridized carbons (Fsp3) is 0.846. The maximum absolute atomic E-state index is 12.2. The summed E-state index contributed by atoms with van der Waals surface area (Å²) in [5.41, 5.74) is -1.81. The number of rotatable bonds is 7. The van der Waals surface area contributed by atoms with E-state index in [4.69, 9.17) is 5.11 Å². The fourth-order valence-corrected chi connectivity index (χ4v) is 1.90. The van der Waals surface area contributed by atoms with Gasteiger partial charge < -0.3 is 14.7 Å². The van der Waals surface area contributed by atoms with E-state index >= 15 is 0 Å². The van der Waals surface area contributed by atoms with Crippen molar-refractivity contribution in [1.82, 2.24) is 0 Å². The van der Waals surface area contributed by atoms with Crippen molar-refractivity contribution in [2.45, 2.75) is 45.3 Å². The smallest absolute Gasteiger partial charge is 0.307 e. The van der Waals surface area contributed by atoms with Crippen LogP contribution in [0.3, 0.4) is 0 Å². The molecule has 5 heteroatoms. The number of hydrogen-bond acceptors (Lipinski definition) is 3. The molecule has 0 fully saturated rings. The van der Waals surface area contributed by atoms with E-state index in [1.807, 2.05) is 35.0 Å². The Hall–Kier alpha value is -0.940. The van der Waals surface area contributed by atoms with E-state index < -0.39 is 24.0 Å². The lowest BCUT2D eigenvalue weighted by atomic mass is 9.82. The number of likely N-dealkylation sites (N-methyl/N-ethyl adjacent to an activating group) is 1. The highest BCUT2D eigenvalue weighted by atomic mass is 16.4. The SMILES string of the molecule is CC(C)CC(=O)C(O)(CC(=O)O)C(C)[N+](C)(C)C. The standard InChI is InChI=1S/C13H25NO4/c1-9(2)7-11(15)13(18,8-12(16)17)10(3)14(4,5)6/h9-10,18H,7-8H2,1-6H3/p+1. The first-order valence-electron chi connectivity index (χ1n) is 6.19. The molecule has 0 radical (unpaired) electrons. The Morgan fingerprint density at radius 3 is 1.89 bits per heavy atom. The zero-order valence-corrected chi connectivity index (χ0v) is 12.2. The van der Waals surface area contributed by atoms with Gasteiger partial charge in [-0.3, -0.25) is 9.59 Å². The van der Waals surface area contributed by atoms with E-state index in [2.05, 4.69) is 0 Å². The number of hydrogen-bond donors (Lipinski definition) is 2. The Morgan fingerprint density at radius 2 is 1.61 bits per heavy atom. The molecule has 0 saturated heterocycles. The predicted molar refractivity (Wildman–Crippen MR) is 69.2 cm³/mol. The van der Waals surface area contributed by atoms with Crippen LogP contribution in [0.15, 0.2) is 0 Å². The number of aliphatic carboxylic acids is 1. The van der Waals surface area contributed by atoms with Crippen LogP contribution < -0.4 is 0 Å². The van der Waals surface area contributed by atoms with Gasteiger partial charge in [-0.25, -0.2) is 0 Å². The Morgan fingerprint density at radius 1 is 1.17 bits per heavy atom. The predicted octanol–water partition coefficient (Wildman–Crippen LogP) is 0.902. The highest BCUT2D eigenvalue weighted by molar-refractivity contribution is 5.91. The molecule has 0 aromatic heterocycles. The van der Waals surface area contributed by atoms with Crippen molar-refractivity contribution >= 4 is 11.8 Å². The molecule has 0 aliphatic rings. The molecule has 0 rings (SSSR count). The van der Waals surface area contributed by atoms with Crippen molar-refractivity contribution in [3.8, 4) is 0 Å². The quantitative estimate of drug-likeness (QED) is 0.667. The van der Waals surface area contributed by atoms with Crippen LogP contribution in [0.4, 0.5) is 0 Å². The third kappa shape index (κ3) is 4.38. The second kappa shape index (κ2) is 5.80. The van der Waals surface area contributed by atoms with Gasteiger partial charge >= 0.3 is 5.97 Å². The summed E-state index contributed by atoms with van der Waals surface area (Å²) in [6.07, 6.45) is -0.358. The van der Waals surface area contributed by atoms with Crippen molar-refractivity contribution in [3.63, 3.8) is 0 Å². The summed E-state index contributed by atoms with van der Waals surface area (Å²) in [4.78, 5) is 23.1. The summed E-state index contributed by atoms with van der Waals surface area (Å²) in [5, 5.41) is 19.5. The lowest BCUT2D eigenvalue weighted by Crippen LogP contribution is -2.61. The zero-order valence-electron chi connectivity index (χ0n) is 12.2. The molecule has 0 aromatic carbocycles. The highest BCUT2D eigenvalue weighted by Crippen LogP contribution is 2.26. The molecular weight excluding hydrogens is 234 g/mol. The first-order valence-corrected chi connectivity index (χ1v) is 6.19. The largest absolute Gasteiger partial charge is 0.481 e. The first kappa shape index (κ1) is 17.1. The number of carboxylic acids is 1. The van der Waals surface area contributed by atoms with Gasteiger partial charge in [0.2, 0.25) is 0 Å². The number of nitrogens with zero attached hydrogens (tertiary/aromatic N) is 1. The Balaban J connectivity index is 5.30. The number of carboxylic acid groups (broad SMARTS) is 1. The van der Waals surface area contributed by atoms with Crippen LogP contribution in [0.5, 0.6) is 0 Å². The minimum Gasteiger partial charge on any atom is -0.481 e. The summed E-state index contributed by atoms with van der Waals surface area (Å²) in [7, 11) is 5.50. The summed E-state index contributed by atoms with van der Waals surface area (Å²) in [6, 6.07) is -0.486. The van der Waals surface area contributed by atoms with Crippen LogP contribution in [0, 0.1) is 5.92 Å². The molecule has 0 spiro atoms. The molecule has 0 heterocycles. The lowest BCUT2D eigenvalue weighted by molar-refractivity contribution is -0.900. The van der Waals surface area contributed by atoms with Gasteiger partial charge in [-0.05, 0) is 12.8 Å². The third-order valence-electron chi connectivity index (χ3n) is 3.35. The lowest BCUT2D eigenvalue weighted by Gasteiger charge is -2.41. The molecule has 5 nitrogen and oxygen atoms in total. The van der Waals surface area contributed by atoms with E-state index in [1.54, 1.807) is 6.92 Å². The van der Waals surface area contributed by atoms with Crippen molar-refractivity contribution in [3.05, 3.63) is 0 Å². The van der Waals surface area contributed by atoms with E-state index in [9.17, 15) is 14.7 Å². The van der Waals surface area contributed by atoms with Gasteiger partial charge in [0.1, 0.15) is 6.04 Å². The number of quaternary nitrogens is 1. The minimum absolute atomic E-state index is 0.0949. The van der Waals surface area contributed by atoms with Crippen molar-refractivity contribution < 1.29 is 24.3 Å². The van der Waals surface area contributed by atoms with E-state index in [0.29, 0.717) is 4.48 Å². The molecule has 0 amide bonds. The minimum atomic E-state index is -1.81. The maximum Gasteiger partial charge on any atom is 0.307 e. The Labute approximate surface area is 109 Å². The fourth-order valence-electron chi connectivity index (χ4n) is 1.90. The van der Waals surface area contributed by atoms with Crippen molar-refractivity contribution in [2.75, 3.05) is 21.1 Å². The van der Waals surface area contributed by atoms with Gasteiger partial charge in [-0.15, -0.1) is 0 Å². The molecule has 2 N–H and O–H groups in total. The van der Waals surface area contributed by atoms with Gasteiger partial charge in [0.15, 0.2) is 11.4 Å². The maximum atomic E-state index is 12.2. The average molecular weight is 260 g/mol. The Bertz CT molecular complexity index is 319. The number of Topliss-reactive ketones (excluding diaryl/α,β-unsaturated/α-hetero) is 1. The van der Waals surface area contributed by atoms with Gasteiger partial charge in [0.05, 0.1) is 27.6 Å². The van der Waals surface area contributed by atoms with Crippen LogP contribution in [0.25, 0.3) is 0 Å². The van der Waals surface area contributed by atoms with Crippen LogP contribution in [-0.2, 0) is 9.59 Å². The third-order valence-corrected chi connectivity index (χ3v) is 3.35. The van der Waals surface area contributed by atoms with Gasteiger partial charge in [-0.2, -0.15) is 0 Å². The van der Waals surface area contributed by atoms with Crippen LogP contribution >= 0.6 is 0 Å². The van der Waals surface area contributed by atoms with Gasteiger partial charge in [0.25, 0.3) is 0 Å². The molecule has 0 aliphatic heterocycles. The molecule has 2 unspecified atom stereocenters. The van der Waals surface area contributed by atoms with Crippen molar-refractivity contribution in [2.24, 2.45) is 5.92 Å². The van der Waals surface area contributed by atoms with E-state index in [1.165, 1.54) is 0 Å². The number of aliphatic hydroxyl groups is 1. The Kier molecular flexibility index (Phi) is 5.50. The molecule has 2 atom stereocenters. The van der Waals surface area contributed by atoms with E-state index in [0.717, 1.165) is 0 Å². The topological polar surface area (TPSA) is 74.6 Å². The molecular formula is C13H26NO4+. The first-order chi connectivity index (χ1) is 7.91. The van der Waals surface area contributed by atoms with Crippen LogP contribution in [-0.4, -0.2) is 59.2 Å². The van der Waals surface area contributed by atoms with Crippen LogP contribution in [0.2, 0.25) is 0 Å². The average Bonchev–Trinajstić information content (AvgIpc) is 2.12. The molecule has 18 heavy (non-hydrogen) atoms. The number of carbonyl (C=O) groups is 2. The summed E-state index contributed by atoms with van der Waals surface area (Å²) < 4.78 is 0.327. The highest BCUT2D eigenvalue weighted by Gasteiger charge is 2.49. The normalized spacial score (nSPS) is 17.3. The summed E-state index contributed by atoms with van der Waals surface area (Å²) in [6.45, 7) is 5.45.